The fourth-order valence-electron chi connectivity index (χ4n) is 3.18. The Morgan fingerprint density at radius 2 is 1.77 bits per heavy atom. The van der Waals surface area contributed by atoms with E-state index < -0.39 is 11.7 Å². The van der Waals surface area contributed by atoms with Crippen LogP contribution in [-0.4, -0.2) is 54.6 Å². The lowest BCUT2D eigenvalue weighted by atomic mass is 9.96. The molecule has 0 radical (unpaired) electrons. The molecule has 0 saturated carbocycles. The van der Waals surface area contributed by atoms with Crippen LogP contribution in [-0.2, 0) is 14.3 Å². The summed E-state index contributed by atoms with van der Waals surface area (Å²) in [5.41, 5.74) is 0.187. The zero-order valence-electron chi connectivity index (χ0n) is 18.4. The summed E-state index contributed by atoms with van der Waals surface area (Å²) in [6, 6.07) is 5.91. The Labute approximate surface area is 183 Å². The van der Waals surface area contributed by atoms with Crippen LogP contribution in [0.25, 0.3) is 6.08 Å². The van der Waals surface area contributed by atoms with Crippen molar-refractivity contribution in [2.75, 3.05) is 26.2 Å². The van der Waals surface area contributed by atoms with Gasteiger partial charge in [-0.05, 0) is 63.3 Å². The van der Waals surface area contributed by atoms with E-state index in [0.29, 0.717) is 25.6 Å². The summed E-state index contributed by atoms with van der Waals surface area (Å²) < 4.78 is 18.0. The number of rotatable bonds is 7. The van der Waals surface area contributed by atoms with E-state index in [1.54, 1.807) is 43.9 Å². The third-order valence-corrected chi connectivity index (χ3v) is 4.84. The van der Waals surface area contributed by atoms with Gasteiger partial charge in [-0.2, -0.15) is 0 Å². The number of nitrogens with zero attached hydrogens (tertiary/aromatic N) is 1. The predicted octanol–water partition coefficient (Wildman–Crippen LogP) is 3.11. The minimum absolute atomic E-state index is 0.000718. The topological polar surface area (TPSA) is 87.7 Å². The van der Waals surface area contributed by atoms with E-state index in [4.69, 9.17) is 4.74 Å². The number of nitrogens with one attached hydrogen (secondary N) is 2. The lowest BCUT2D eigenvalue weighted by Crippen LogP contribution is -2.42. The first kappa shape index (κ1) is 24.4. The van der Waals surface area contributed by atoms with Crippen molar-refractivity contribution in [1.29, 1.82) is 0 Å². The van der Waals surface area contributed by atoms with Gasteiger partial charge in [-0.15, -0.1) is 0 Å². The number of piperidine rings is 1. The van der Waals surface area contributed by atoms with Gasteiger partial charge in [0.2, 0.25) is 11.8 Å². The molecule has 0 bridgehead atoms. The SMILES string of the molecule is CC(C)(C)OC(=O)NCCC(=O)N1CCC(CNC(=O)/C=C/c2ccc(F)cc2)CC1. The fraction of sp³-hybridized carbons (Fsp3) is 0.522. The summed E-state index contributed by atoms with van der Waals surface area (Å²) in [4.78, 5) is 37.7. The van der Waals surface area contributed by atoms with Gasteiger partial charge in [0.15, 0.2) is 0 Å². The maximum atomic E-state index is 12.9. The van der Waals surface area contributed by atoms with Crippen molar-refractivity contribution in [3.05, 3.63) is 41.7 Å². The second-order valence-electron chi connectivity index (χ2n) is 8.63. The highest BCUT2D eigenvalue weighted by Gasteiger charge is 2.23. The highest BCUT2D eigenvalue weighted by Crippen LogP contribution is 2.17. The highest BCUT2D eigenvalue weighted by molar-refractivity contribution is 5.91. The summed E-state index contributed by atoms with van der Waals surface area (Å²) in [7, 11) is 0. The normalized spacial score (nSPS) is 15.0. The molecule has 8 heteroatoms. The van der Waals surface area contributed by atoms with Gasteiger partial charge in [-0.3, -0.25) is 9.59 Å². The number of ether oxygens (including phenoxy) is 1. The molecule has 3 amide bonds. The zero-order chi connectivity index (χ0) is 22.9. The van der Waals surface area contributed by atoms with E-state index in [2.05, 4.69) is 10.6 Å². The molecule has 170 valence electrons. The number of benzene rings is 1. The third kappa shape index (κ3) is 9.63. The molecule has 1 saturated heterocycles. The predicted molar refractivity (Wildman–Crippen MR) is 117 cm³/mol. The Morgan fingerprint density at radius 3 is 2.39 bits per heavy atom. The van der Waals surface area contributed by atoms with Crippen LogP contribution in [0.2, 0.25) is 0 Å². The molecule has 0 unspecified atom stereocenters. The molecule has 1 aromatic carbocycles. The smallest absolute Gasteiger partial charge is 0.407 e. The molecule has 1 heterocycles. The van der Waals surface area contributed by atoms with Crippen molar-refractivity contribution >= 4 is 24.0 Å². The van der Waals surface area contributed by atoms with Gasteiger partial charge in [-0.1, -0.05) is 12.1 Å². The van der Waals surface area contributed by atoms with E-state index in [1.165, 1.54) is 18.2 Å². The maximum absolute atomic E-state index is 12.9. The lowest BCUT2D eigenvalue weighted by molar-refractivity contribution is -0.132. The number of carbonyl (C=O) groups excluding carboxylic acids is 3. The first-order chi connectivity index (χ1) is 14.6. The molecule has 1 aliphatic heterocycles. The summed E-state index contributed by atoms with van der Waals surface area (Å²) in [6.45, 7) is 7.41. The van der Waals surface area contributed by atoms with Crippen molar-refractivity contribution in [3.8, 4) is 0 Å². The van der Waals surface area contributed by atoms with Gasteiger partial charge in [-0.25, -0.2) is 9.18 Å². The molecular formula is C23H32FN3O4. The minimum Gasteiger partial charge on any atom is -0.444 e. The standard InChI is InChI=1S/C23H32FN3O4/c1-23(2,3)31-22(30)25-13-10-21(29)27-14-11-18(12-15-27)16-26-20(28)9-6-17-4-7-19(24)8-5-17/h4-9,18H,10-16H2,1-3H3,(H,25,30)(H,26,28)/b9-6+. The molecule has 1 fully saturated rings. The van der Waals surface area contributed by atoms with Gasteiger partial charge in [0.1, 0.15) is 11.4 Å². The summed E-state index contributed by atoms with van der Waals surface area (Å²) in [5, 5.41) is 5.47. The fourth-order valence-corrected chi connectivity index (χ4v) is 3.18. The maximum Gasteiger partial charge on any atom is 0.407 e. The number of amides is 3. The van der Waals surface area contributed by atoms with Crippen LogP contribution < -0.4 is 10.6 Å². The third-order valence-electron chi connectivity index (χ3n) is 4.84. The van der Waals surface area contributed by atoms with Crippen molar-refractivity contribution in [2.24, 2.45) is 5.92 Å². The molecule has 0 aliphatic carbocycles. The minimum atomic E-state index is -0.567. The Hall–Kier alpha value is -2.90. The van der Waals surface area contributed by atoms with Crippen molar-refractivity contribution < 1.29 is 23.5 Å². The molecular weight excluding hydrogens is 401 g/mol. The first-order valence-corrected chi connectivity index (χ1v) is 10.6. The second-order valence-corrected chi connectivity index (χ2v) is 8.63. The van der Waals surface area contributed by atoms with Gasteiger partial charge < -0.3 is 20.3 Å². The molecule has 0 spiro atoms. The van der Waals surface area contributed by atoms with Gasteiger partial charge in [0.25, 0.3) is 0 Å². The quantitative estimate of drug-likeness (QED) is 0.647. The average molecular weight is 434 g/mol. The zero-order valence-corrected chi connectivity index (χ0v) is 18.4. The van der Waals surface area contributed by atoms with Crippen molar-refractivity contribution in [2.45, 2.75) is 45.6 Å². The molecule has 2 N–H and O–H groups in total. The van der Waals surface area contributed by atoms with Crippen LogP contribution in [0.1, 0.15) is 45.6 Å². The summed E-state index contributed by atoms with van der Waals surface area (Å²) >= 11 is 0. The molecule has 0 aromatic heterocycles. The van der Waals surface area contributed by atoms with Crippen LogP contribution in [0.4, 0.5) is 9.18 Å². The number of alkyl carbamates (subject to hydrolysis) is 1. The number of carbonyl (C=O) groups is 3. The lowest BCUT2D eigenvalue weighted by Gasteiger charge is -2.32. The van der Waals surface area contributed by atoms with Crippen LogP contribution in [0.5, 0.6) is 0 Å². The van der Waals surface area contributed by atoms with E-state index >= 15 is 0 Å². The summed E-state index contributed by atoms with van der Waals surface area (Å²) in [6.07, 6.45) is 4.41. The average Bonchev–Trinajstić information content (AvgIpc) is 2.71. The molecule has 1 aliphatic rings. The van der Waals surface area contributed by atoms with Crippen LogP contribution in [0.15, 0.2) is 30.3 Å². The van der Waals surface area contributed by atoms with Crippen LogP contribution in [0.3, 0.4) is 0 Å². The second kappa shape index (κ2) is 11.5. The largest absolute Gasteiger partial charge is 0.444 e. The van der Waals surface area contributed by atoms with E-state index in [0.717, 1.165) is 18.4 Å². The van der Waals surface area contributed by atoms with E-state index in [9.17, 15) is 18.8 Å². The van der Waals surface area contributed by atoms with Crippen molar-refractivity contribution in [1.82, 2.24) is 15.5 Å². The van der Waals surface area contributed by atoms with Gasteiger partial charge in [0.05, 0.1) is 0 Å². The monoisotopic (exact) mass is 433 g/mol. The van der Waals surface area contributed by atoms with E-state index in [1.807, 2.05) is 0 Å². The van der Waals surface area contributed by atoms with Crippen LogP contribution in [0, 0.1) is 11.7 Å². The Bertz CT molecular complexity index is 779. The highest BCUT2D eigenvalue weighted by atomic mass is 19.1. The first-order valence-electron chi connectivity index (χ1n) is 10.6. The number of halogens is 1. The number of hydrogen-bond acceptors (Lipinski definition) is 4. The Kier molecular flexibility index (Phi) is 9.03. The van der Waals surface area contributed by atoms with Gasteiger partial charge >= 0.3 is 6.09 Å². The Morgan fingerprint density at radius 1 is 1.13 bits per heavy atom. The molecule has 31 heavy (non-hydrogen) atoms. The molecule has 1 aromatic rings. The number of hydrogen-bond donors (Lipinski definition) is 2. The van der Waals surface area contributed by atoms with Crippen LogP contribution >= 0.6 is 0 Å². The summed E-state index contributed by atoms with van der Waals surface area (Å²) in [5.74, 6) is -0.199. The number of likely N-dealkylation sites (tertiary alicyclic amines) is 1. The Balaban J connectivity index is 1.62. The van der Waals surface area contributed by atoms with Crippen molar-refractivity contribution in [3.63, 3.8) is 0 Å². The molecule has 7 nitrogen and oxygen atoms in total. The molecule has 2 rings (SSSR count). The van der Waals surface area contributed by atoms with Gasteiger partial charge in [0, 0.05) is 38.7 Å². The van der Waals surface area contributed by atoms with E-state index in [-0.39, 0.29) is 30.6 Å². The molecule has 0 atom stereocenters.